The van der Waals surface area contributed by atoms with E-state index in [0.29, 0.717) is 0 Å². The number of nitrogens with zero attached hydrogens (tertiary/aromatic N) is 1. The van der Waals surface area contributed by atoms with Crippen molar-refractivity contribution in [1.82, 2.24) is 0 Å². The minimum atomic E-state index is 1.04. The van der Waals surface area contributed by atoms with E-state index in [1.165, 1.54) is 22.4 Å². The average molecular weight is 213 g/mol. The van der Waals surface area contributed by atoms with Gasteiger partial charge in [0.15, 0.2) is 0 Å². The maximum absolute atomic E-state index is 2.25. The average Bonchev–Trinajstić information content (AvgIpc) is 2.75. The topological polar surface area (TPSA) is 3.24 Å². The van der Waals surface area contributed by atoms with Crippen molar-refractivity contribution in [3.63, 3.8) is 0 Å². The van der Waals surface area contributed by atoms with Crippen molar-refractivity contribution in [3.8, 4) is 0 Å². The van der Waals surface area contributed by atoms with Crippen molar-refractivity contribution in [1.29, 1.82) is 0 Å². The normalized spacial score (nSPS) is 14.7. The van der Waals surface area contributed by atoms with Crippen LogP contribution >= 0.6 is 0 Å². The van der Waals surface area contributed by atoms with Gasteiger partial charge < -0.3 is 4.90 Å². The lowest BCUT2D eigenvalue weighted by Gasteiger charge is -2.17. The summed E-state index contributed by atoms with van der Waals surface area (Å²) in [7, 11) is 2.12. The van der Waals surface area contributed by atoms with Crippen LogP contribution in [0.4, 0.5) is 5.69 Å². The molecule has 0 heterocycles. The van der Waals surface area contributed by atoms with Gasteiger partial charge in [0.2, 0.25) is 0 Å². The Hall–Kier alpha value is -1.50. The molecular weight excluding hydrogens is 194 g/mol. The summed E-state index contributed by atoms with van der Waals surface area (Å²) in [4.78, 5) is 2.25. The molecule has 2 rings (SSSR count). The molecule has 0 saturated carbocycles. The smallest absolute Gasteiger partial charge is 0.0363 e. The molecular formula is C15H19N. The lowest BCUT2D eigenvalue weighted by molar-refractivity contribution is 0.968. The molecule has 16 heavy (non-hydrogen) atoms. The van der Waals surface area contributed by atoms with Gasteiger partial charge in [-0.1, -0.05) is 29.9 Å². The Kier molecular flexibility index (Phi) is 3.14. The van der Waals surface area contributed by atoms with Crippen molar-refractivity contribution in [2.24, 2.45) is 0 Å². The molecule has 0 amide bonds. The monoisotopic (exact) mass is 213 g/mol. The lowest BCUT2D eigenvalue weighted by atomic mass is 10.0. The number of hydrogen-bond acceptors (Lipinski definition) is 1. The van der Waals surface area contributed by atoms with E-state index in [2.05, 4.69) is 62.2 Å². The molecule has 0 saturated heterocycles. The van der Waals surface area contributed by atoms with E-state index >= 15 is 0 Å². The first kappa shape index (κ1) is 11.0. The predicted octanol–water partition coefficient (Wildman–Crippen LogP) is 3.88. The predicted molar refractivity (Wildman–Crippen MR) is 71.7 cm³/mol. The van der Waals surface area contributed by atoms with Crippen LogP contribution < -0.4 is 4.90 Å². The lowest BCUT2D eigenvalue weighted by Crippen LogP contribution is -2.15. The summed E-state index contributed by atoms with van der Waals surface area (Å²) in [6, 6.07) is 8.85. The second kappa shape index (κ2) is 4.56. The van der Waals surface area contributed by atoms with Gasteiger partial charge in [0.1, 0.15) is 0 Å². The molecule has 0 fully saturated rings. The second-order valence-electron chi connectivity index (χ2n) is 4.44. The molecule has 0 aromatic heterocycles. The van der Waals surface area contributed by atoms with Crippen LogP contribution in [0.15, 0.2) is 42.0 Å². The quantitative estimate of drug-likeness (QED) is 0.736. The summed E-state index contributed by atoms with van der Waals surface area (Å²) < 4.78 is 0. The third-order valence-electron chi connectivity index (χ3n) is 3.19. The van der Waals surface area contributed by atoms with Gasteiger partial charge in [-0.25, -0.2) is 0 Å². The Balaban J connectivity index is 2.15. The fourth-order valence-corrected chi connectivity index (χ4v) is 1.97. The first-order chi connectivity index (χ1) is 7.70. The van der Waals surface area contributed by atoms with Crippen molar-refractivity contribution in [2.75, 3.05) is 18.5 Å². The molecule has 0 radical (unpaired) electrons. The minimum absolute atomic E-state index is 1.04. The fourth-order valence-electron chi connectivity index (χ4n) is 1.97. The second-order valence-corrected chi connectivity index (χ2v) is 4.44. The standard InChI is InChI=1S/C15H19N/c1-4-16(3)15-9-7-13(8-10-15)14-6-5-12(2)11-14/h5-10H,4,11H2,1-3H3. The Morgan fingerprint density at radius 3 is 2.31 bits per heavy atom. The van der Waals surface area contributed by atoms with Gasteiger partial charge in [0.05, 0.1) is 0 Å². The number of allylic oxidation sites excluding steroid dienone is 4. The van der Waals surface area contributed by atoms with Gasteiger partial charge in [-0.2, -0.15) is 0 Å². The highest BCUT2D eigenvalue weighted by molar-refractivity contribution is 5.73. The van der Waals surface area contributed by atoms with Crippen LogP contribution in [-0.4, -0.2) is 13.6 Å². The summed E-state index contributed by atoms with van der Waals surface area (Å²) in [5.41, 5.74) is 5.52. The van der Waals surface area contributed by atoms with Gasteiger partial charge in [0.25, 0.3) is 0 Å². The van der Waals surface area contributed by atoms with Crippen LogP contribution in [0.2, 0.25) is 0 Å². The van der Waals surface area contributed by atoms with Gasteiger partial charge in [-0.05, 0) is 43.5 Å². The number of anilines is 1. The molecule has 0 spiro atoms. The van der Waals surface area contributed by atoms with Crippen LogP contribution in [0.1, 0.15) is 25.8 Å². The summed E-state index contributed by atoms with van der Waals surface area (Å²) >= 11 is 0. The first-order valence-corrected chi connectivity index (χ1v) is 5.88. The van der Waals surface area contributed by atoms with E-state index in [1.807, 2.05) is 0 Å². The molecule has 0 unspecified atom stereocenters. The molecule has 1 aliphatic rings. The third kappa shape index (κ3) is 2.19. The Bertz CT molecular complexity index is 423. The molecule has 0 aliphatic heterocycles. The van der Waals surface area contributed by atoms with E-state index in [-0.39, 0.29) is 0 Å². The third-order valence-corrected chi connectivity index (χ3v) is 3.19. The summed E-state index contributed by atoms with van der Waals surface area (Å²) in [5.74, 6) is 0. The Morgan fingerprint density at radius 1 is 1.12 bits per heavy atom. The molecule has 0 atom stereocenters. The van der Waals surface area contributed by atoms with Crippen LogP contribution in [0.3, 0.4) is 0 Å². The van der Waals surface area contributed by atoms with Crippen molar-refractivity contribution < 1.29 is 0 Å². The molecule has 1 aromatic rings. The van der Waals surface area contributed by atoms with Gasteiger partial charge in [-0.15, -0.1) is 0 Å². The maximum atomic E-state index is 2.25. The van der Waals surface area contributed by atoms with Gasteiger partial charge in [-0.3, -0.25) is 0 Å². The molecule has 84 valence electrons. The van der Waals surface area contributed by atoms with E-state index in [4.69, 9.17) is 0 Å². The highest BCUT2D eigenvalue weighted by Gasteiger charge is 2.07. The van der Waals surface area contributed by atoms with E-state index in [1.54, 1.807) is 0 Å². The van der Waals surface area contributed by atoms with Crippen LogP contribution in [-0.2, 0) is 0 Å². The summed E-state index contributed by atoms with van der Waals surface area (Å²) in [5, 5.41) is 0. The molecule has 0 N–H and O–H groups in total. The molecule has 1 nitrogen and oxygen atoms in total. The number of benzene rings is 1. The van der Waals surface area contributed by atoms with Crippen LogP contribution in [0.5, 0.6) is 0 Å². The van der Waals surface area contributed by atoms with E-state index in [9.17, 15) is 0 Å². The minimum Gasteiger partial charge on any atom is -0.375 e. The summed E-state index contributed by atoms with van der Waals surface area (Å²) in [6.07, 6.45) is 5.54. The van der Waals surface area contributed by atoms with Gasteiger partial charge in [0, 0.05) is 19.3 Å². The number of rotatable bonds is 3. The molecule has 0 bridgehead atoms. The highest BCUT2D eigenvalue weighted by atomic mass is 15.1. The zero-order chi connectivity index (χ0) is 11.5. The fraction of sp³-hybridized carbons (Fsp3) is 0.333. The van der Waals surface area contributed by atoms with Crippen molar-refractivity contribution in [2.45, 2.75) is 20.3 Å². The zero-order valence-electron chi connectivity index (χ0n) is 10.3. The zero-order valence-corrected chi connectivity index (χ0v) is 10.3. The van der Waals surface area contributed by atoms with E-state index < -0.39 is 0 Å². The largest absolute Gasteiger partial charge is 0.375 e. The van der Waals surface area contributed by atoms with Crippen molar-refractivity contribution >= 4 is 11.3 Å². The van der Waals surface area contributed by atoms with Crippen molar-refractivity contribution in [3.05, 3.63) is 47.6 Å². The molecule has 1 aromatic carbocycles. The highest BCUT2D eigenvalue weighted by Crippen LogP contribution is 2.28. The Labute approximate surface area is 98.1 Å². The molecule has 1 heteroatoms. The SMILES string of the molecule is CCN(C)c1ccc(C2=CC=C(C)C2)cc1. The van der Waals surface area contributed by atoms with Crippen LogP contribution in [0.25, 0.3) is 5.57 Å². The first-order valence-electron chi connectivity index (χ1n) is 5.88. The van der Waals surface area contributed by atoms with E-state index in [0.717, 1.165) is 13.0 Å². The summed E-state index contributed by atoms with van der Waals surface area (Å²) in [6.45, 7) is 5.39. The maximum Gasteiger partial charge on any atom is 0.0363 e. The van der Waals surface area contributed by atoms with Gasteiger partial charge >= 0.3 is 0 Å². The molecule has 1 aliphatic carbocycles. The van der Waals surface area contributed by atoms with Crippen LogP contribution in [0, 0.1) is 0 Å². The number of hydrogen-bond donors (Lipinski definition) is 0. The Morgan fingerprint density at radius 2 is 1.81 bits per heavy atom.